The summed E-state index contributed by atoms with van der Waals surface area (Å²) in [5, 5.41) is 3.24. The maximum absolute atomic E-state index is 11.1. The van der Waals surface area contributed by atoms with Gasteiger partial charge in [0.05, 0.1) is 0 Å². The van der Waals surface area contributed by atoms with E-state index in [9.17, 15) is 4.79 Å². The summed E-state index contributed by atoms with van der Waals surface area (Å²) in [7, 11) is 0. The summed E-state index contributed by atoms with van der Waals surface area (Å²) in [5.41, 5.74) is 0. The predicted octanol–water partition coefficient (Wildman–Crippen LogP) is 3.02. The summed E-state index contributed by atoms with van der Waals surface area (Å²) in [6.45, 7) is 12.0. The summed E-state index contributed by atoms with van der Waals surface area (Å²) in [6, 6.07) is 0. The Bertz CT molecular complexity index is 117. The van der Waals surface area contributed by atoms with E-state index < -0.39 is 0 Å². The van der Waals surface area contributed by atoms with Gasteiger partial charge in [-0.25, -0.2) is 0 Å². The van der Waals surface area contributed by atoms with Crippen LogP contribution in [0.1, 0.15) is 53.9 Å². The molecule has 1 saturated heterocycles. The molecule has 1 N–H and O–H groups in total. The first-order valence-electron chi connectivity index (χ1n) is 6.08. The van der Waals surface area contributed by atoms with Crippen molar-refractivity contribution in [3.05, 3.63) is 0 Å². The zero-order valence-electron chi connectivity index (χ0n) is 10.5. The number of rotatable bonds is 2. The molecule has 1 aliphatic rings. The topological polar surface area (TPSA) is 29.1 Å². The molecule has 0 aliphatic carbocycles. The lowest BCUT2D eigenvalue weighted by Gasteiger charge is -2.20. The average Bonchev–Trinajstić information content (AvgIpc) is 2.34. The first-order valence-corrected chi connectivity index (χ1v) is 6.08. The van der Waals surface area contributed by atoms with Gasteiger partial charge in [0.2, 0.25) is 0 Å². The molecule has 1 rings (SSSR count). The third-order valence-electron chi connectivity index (χ3n) is 2.14. The average molecular weight is 201 g/mol. The van der Waals surface area contributed by atoms with E-state index in [0.29, 0.717) is 18.1 Å². The number of ketones is 1. The fourth-order valence-electron chi connectivity index (χ4n) is 1.43. The van der Waals surface area contributed by atoms with Gasteiger partial charge in [-0.05, 0) is 25.9 Å². The zero-order chi connectivity index (χ0) is 11.4. The second-order valence-corrected chi connectivity index (χ2v) is 2.84. The van der Waals surface area contributed by atoms with Gasteiger partial charge in [0.15, 0.2) is 0 Å². The molecule has 1 aliphatic heterocycles. The van der Waals surface area contributed by atoms with Crippen molar-refractivity contribution in [1.29, 1.82) is 0 Å². The Kier molecular flexibility index (Phi) is 14.5. The van der Waals surface area contributed by atoms with Crippen LogP contribution in [0, 0.1) is 5.92 Å². The van der Waals surface area contributed by atoms with Crippen LogP contribution in [0.15, 0.2) is 0 Å². The molecule has 0 saturated carbocycles. The standard InChI is InChI=1S/C8H15NO.2C2H6/c1-2-8(10)7-3-5-9-6-4-7;2*1-2/h7,9H,2-6H2,1H3;2*1-2H3. The predicted molar refractivity (Wildman–Crippen MR) is 63.6 cm³/mol. The highest BCUT2D eigenvalue weighted by atomic mass is 16.1. The molecule has 2 heteroatoms. The molecular formula is C12H27NO. The summed E-state index contributed by atoms with van der Waals surface area (Å²) < 4.78 is 0. The number of piperidine rings is 1. The van der Waals surface area contributed by atoms with Gasteiger partial charge < -0.3 is 5.32 Å². The molecule has 0 radical (unpaired) electrons. The molecule has 14 heavy (non-hydrogen) atoms. The molecule has 0 unspecified atom stereocenters. The van der Waals surface area contributed by atoms with Crippen molar-refractivity contribution in [2.24, 2.45) is 5.92 Å². The van der Waals surface area contributed by atoms with Crippen LogP contribution in [-0.2, 0) is 4.79 Å². The molecule has 2 nitrogen and oxygen atoms in total. The summed E-state index contributed by atoms with van der Waals surface area (Å²) in [4.78, 5) is 11.1. The van der Waals surface area contributed by atoms with Crippen molar-refractivity contribution in [3.63, 3.8) is 0 Å². The second-order valence-electron chi connectivity index (χ2n) is 2.84. The van der Waals surface area contributed by atoms with Gasteiger partial charge in [0.25, 0.3) is 0 Å². The van der Waals surface area contributed by atoms with Gasteiger partial charge in [-0.2, -0.15) is 0 Å². The Balaban J connectivity index is 0. The van der Waals surface area contributed by atoms with Crippen molar-refractivity contribution in [2.45, 2.75) is 53.9 Å². The van der Waals surface area contributed by atoms with Gasteiger partial charge >= 0.3 is 0 Å². The Morgan fingerprint density at radius 3 is 1.93 bits per heavy atom. The highest BCUT2D eigenvalue weighted by molar-refractivity contribution is 5.80. The van der Waals surface area contributed by atoms with E-state index in [-0.39, 0.29) is 0 Å². The van der Waals surface area contributed by atoms with Gasteiger partial charge in [0.1, 0.15) is 5.78 Å². The normalized spacial score (nSPS) is 15.8. The second kappa shape index (κ2) is 12.6. The third kappa shape index (κ3) is 7.07. The van der Waals surface area contributed by atoms with Crippen LogP contribution in [0.25, 0.3) is 0 Å². The van der Waals surface area contributed by atoms with E-state index in [1.807, 2.05) is 34.6 Å². The maximum Gasteiger partial charge on any atom is 0.135 e. The number of carbonyl (C=O) groups excluding carboxylic acids is 1. The Hall–Kier alpha value is -0.370. The number of Topliss-reactive ketones (excluding diaryl/α,β-unsaturated/α-hetero) is 1. The van der Waals surface area contributed by atoms with Crippen LogP contribution in [0.5, 0.6) is 0 Å². The molecule has 0 atom stereocenters. The van der Waals surface area contributed by atoms with E-state index in [1.165, 1.54) is 0 Å². The zero-order valence-corrected chi connectivity index (χ0v) is 10.5. The number of carbonyl (C=O) groups is 1. The van der Waals surface area contributed by atoms with Crippen molar-refractivity contribution < 1.29 is 4.79 Å². The van der Waals surface area contributed by atoms with E-state index in [4.69, 9.17) is 0 Å². The maximum atomic E-state index is 11.1. The van der Waals surface area contributed by atoms with Gasteiger partial charge in [0, 0.05) is 12.3 Å². The summed E-state index contributed by atoms with van der Waals surface area (Å²) in [6.07, 6.45) is 2.81. The van der Waals surface area contributed by atoms with Crippen molar-refractivity contribution in [3.8, 4) is 0 Å². The van der Waals surface area contributed by atoms with Crippen LogP contribution in [-0.4, -0.2) is 18.9 Å². The first kappa shape index (κ1) is 16.1. The van der Waals surface area contributed by atoms with Crippen LogP contribution in [0.3, 0.4) is 0 Å². The molecule has 1 fully saturated rings. The SMILES string of the molecule is CC.CC.CCC(=O)C1CCNCC1. The molecule has 86 valence electrons. The highest BCUT2D eigenvalue weighted by Crippen LogP contribution is 2.13. The first-order chi connectivity index (χ1) is 6.84. The lowest BCUT2D eigenvalue weighted by molar-refractivity contribution is -0.123. The third-order valence-corrected chi connectivity index (χ3v) is 2.14. The highest BCUT2D eigenvalue weighted by Gasteiger charge is 2.18. The number of hydrogen-bond donors (Lipinski definition) is 1. The molecule has 0 spiro atoms. The van der Waals surface area contributed by atoms with Crippen LogP contribution in [0.2, 0.25) is 0 Å². The molecule has 0 aromatic rings. The fourth-order valence-corrected chi connectivity index (χ4v) is 1.43. The largest absolute Gasteiger partial charge is 0.317 e. The van der Waals surface area contributed by atoms with E-state index >= 15 is 0 Å². The van der Waals surface area contributed by atoms with E-state index in [2.05, 4.69) is 5.32 Å². The summed E-state index contributed by atoms with van der Waals surface area (Å²) in [5.74, 6) is 0.813. The quantitative estimate of drug-likeness (QED) is 0.744. The smallest absolute Gasteiger partial charge is 0.135 e. The minimum Gasteiger partial charge on any atom is -0.317 e. The van der Waals surface area contributed by atoms with Crippen LogP contribution < -0.4 is 5.32 Å². The fraction of sp³-hybridized carbons (Fsp3) is 0.917. The van der Waals surface area contributed by atoms with Gasteiger partial charge in [-0.15, -0.1) is 0 Å². The van der Waals surface area contributed by atoms with E-state index in [1.54, 1.807) is 0 Å². The Labute approximate surface area is 89.5 Å². The summed E-state index contributed by atoms with van der Waals surface area (Å²) >= 11 is 0. The van der Waals surface area contributed by atoms with Crippen molar-refractivity contribution in [1.82, 2.24) is 5.32 Å². The Morgan fingerprint density at radius 1 is 1.14 bits per heavy atom. The molecular weight excluding hydrogens is 174 g/mol. The molecule has 1 heterocycles. The van der Waals surface area contributed by atoms with Crippen molar-refractivity contribution in [2.75, 3.05) is 13.1 Å². The van der Waals surface area contributed by atoms with Crippen LogP contribution >= 0.6 is 0 Å². The molecule has 0 aromatic heterocycles. The lowest BCUT2D eigenvalue weighted by Crippen LogP contribution is -2.31. The van der Waals surface area contributed by atoms with Gasteiger partial charge in [-0.3, -0.25) is 4.79 Å². The molecule has 0 amide bonds. The minimum atomic E-state index is 0.367. The van der Waals surface area contributed by atoms with E-state index in [0.717, 1.165) is 25.9 Å². The lowest BCUT2D eigenvalue weighted by atomic mass is 9.92. The minimum absolute atomic E-state index is 0.367. The number of nitrogens with one attached hydrogen (secondary N) is 1. The van der Waals surface area contributed by atoms with Crippen molar-refractivity contribution >= 4 is 5.78 Å². The van der Waals surface area contributed by atoms with Crippen LogP contribution in [0.4, 0.5) is 0 Å². The molecule has 0 aromatic carbocycles. The van der Waals surface area contributed by atoms with Gasteiger partial charge in [-0.1, -0.05) is 34.6 Å². The Morgan fingerprint density at radius 2 is 1.57 bits per heavy atom. The number of hydrogen-bond acceptors (Lipinski definition) is 2. The monoisotopic (exact) mass is 201 g/mol. The molecule has 0 bridgehead atoms.